The van der Waals surface area contributed by atoms with Crippen LogP contribution < -0.4 is 0 Å². The first kappa shape index (κ1) is 59.1. The van der Waals surface area contributed by atoms with Crippen molar-refractivity contribution in [3.05, 3.63) is 109 Å². The van der Waals surface area contributed by atoms with Gasteiger partial charge in [-0.2, -0.15) is 0 Å². The third-order valence-corrected chi connectivity index (χ3v) is 10.3. The zero-order valence-corrected chi connectivity index (χ0v) is 40.5. The van der Waals surface area contributed by atoms with Crippen LogP contribution in [0, 0.1) is 0 Å². The van der Waals surface area contributed by atoms with E-state index in [2.05, 4.69) is 106 Å². The highest BCUT2D eigenvalue weighted by Crippen LogP contribution is 2.13. The van der Waals surface area contributed by atoms with Crippen LogP contribution >= 0.6 is 0 Å². The van der Waals surface area contributed by atoms with Crippen molar-refractivity contribution in [3.8, 4) is 0 Å². The Morgan fingerprint density at radius 1 is 0.349 bits per heavy atom. The van der Waals surface area contributed by atoms with Gasteiger partial charge in [0.25, 0.3) is 0 Å². The molecule has 0 fully saturated rings. The Bertz CT molecular complexity index is 1330. The Morgan fingerprint density at radius 2 is 0.698 bits per heavy atom. The molecule has 0 rings (SSSR count). The maximum atomic E-state index is 12.8. The van der Waals surface area contributed by atoms with Crippen molar-refractivity contribution in [3.63, 3.8) is 0 Å². The molecular weight excluding hydrogens is 781 g/mol. The second-order valence-corrected chi connectivity index (χ2v) is 16.4. The quantitative estimate of drug-likeness (QED) is 0.0199. The predicted octanol–water partition coefficient (Wildman–Crippen LogP) is 16.8. The van der Waals surface area contributed by atoms with Gasteiger partial charge in [-0.3, -0.25) is 14.4 Å². The lowest BCUT2D eigenvalue weighted by Gasteiger charge is -2.18. The highest BCUT2D eigenvalue weighted by molar-refractivity contribution is 5.71. The molecule has 0 saturated carbocycles. The van der Waals surface area contributed by atoms with E-state index in [4.69, 9.17) is 14.2 Å². The zero-order valence-electron chi connectivity index (χ0n) is 40.5. The molecule has 0 radical (unpaired) electrons. The lowest BCUT2D eigenvalue weighted by Crippen LogP contribution is -2.30. The molecule has 0 aromatic rings. The highest BCUT2D eigenvalue weighted by atomic mass is 16.6. The van der Waals surface area contributed by atoms with Gasteiger partial charge in [-0.15, -0.1) is 0 Å². The lowest BCUT2D eigenvalue weighted by molar-refractivity contribution is -0.167. The lowest BCUT2D eigenvalue weighted by atomic mass is 10.1. The van der Waals surface area contributed by atoms with Crippen LogP contribution in [-0.4, -0.2) is 37.2 Å². The van der Waals surface area contributed by atoms with Crippen LogP contribution in [0.4, 0.5) is 0 Å². The number of hydrogen-bond donors (Lipinski definition) is 0. The standard InChI is InChI=1S/C57H92O6/c1-4-7-10-13-16-19-22-24-26-27-28-29-31-32-35-38-41-44-47-50-56(59)62-53-54(52-61-55(58)49-46-43-40-37-34-21-18-15-12-9-6-3)63-57(60)51-48-45-42-39-36-33-30-25-23-20-17-14-11-8-5-2/h7-8,10-11,14-20,23-26,28-30,54H,4-6,9,12-13,21-22,27,31-53H2,1-3H3/b10-7-,11-8-,17-14-,18-15-,19-16-,23-20-,26-24-,29-28-,30-25-. The van der Waals surface area contributed by atoms with Gasteiger partial charge in [-0.05, 0) is 96.3 Å². The van der Waals surface area contributed by atoms with E-state index in [9.17, 15) is 14.4 Å². The Morgan fingerprint density at radius 3 is 1.17 bits per heavy atom. The van der Waals surface area contributed by atoms with Gasteiger partial charge in [-0.25, -0.2) is 0 Å². The first-order valence-electron chi connectivity index (χ1n) is 25.4. The fourth-order valence-electron chi connectivity index (χ4n) is 6.54. The van der Waals surface area contributed by atoms with E-state index in [0.717, 1.165) is 135 Å². The van der Waals surface area contributed by atoms with E-state index >= 15 is 0 Å². The monoisotopic (exact) mass is 873 g/mol. The summed E-state index contributed by atoms with van der Waals surface area (Å²) in [5.41, 5.74) is 0. The summed E-state index contributed by atoms with van der Waals surface area (Å²) < 4.78 is 16.7. The Balaban J connectivity index is 4.45. The maximum Gasteiger partial charge on any atom is 0.306 e. The van der Waals surface area contributed by atoms with E-state index < -0.39 is 6.10 Å². The Kier molecular flexibility index (Phi) is 47.5. The normalized spacial score (nSPS) is 13.0. The van der Waals surface area contributed by atoms with Crippen molar-refractivity contribution in [1.82, 2.24) is 0 Å². The van der Waals surface area contributed by atoms with Crippen molar-refractivity contribution < 1.29 is 28.6 Å². The van der Waals surface area contributed by atoms with Gasteiger partial charge in [0.1, 0.15) is 13.2 Å². The molecule has 0 aliphatic heterocycles. The van der Waals surface area contributed by atoms with E-state index in [1.807, 2.05) is 24.3 Å². The number of carbonyl (C=O) groups is 3. The molecule has 1 atom stereocenters. The summed E-state index contributed by atoms with van der Waals surface area (Å²) in [7, 11) is 0. The molecule has 0 bridgehead atoms. The number of allylic oxidation sites excluding steroid dienone is 18. The van der Waals surface area contributed by atoms with Crippen molar-refractivity contribution >= 4 is 17.9 Å². The third kappa shape index (κ3) is 49.0. The van der Waals surface area contributed by atoms with Crippen molar-refractivity contribution in [2.75, 3.05) is 13.2 Å². The fraction of sp³-hybridized carbons (Fsp3) is 0.632. The smallest absolute Gasteiger partial charge is 0.306 e. The molecule has 6 heteroatoms. The van der Waals surface area contributed by atoms with E-state index in [1.54, 1.807) is 0 Å². The first-order chi connectivity index (χ1) is 31.0. The third-order valence-electron chi connectivity index (χ3n) is 10.3. The molecule has 0 aromatic carbocycles. The number of esters is 3. The summed E-state index contributed by atoms with van der Waals surface area (Å²) in [5.74, 6) is -0.953. The minimum absolute atomic E-state index is 0.0992. The summed E-state index contributed by atoms with van der Waals surface area (Å²) in [6.07, 6.45) is 67.8. The van der Waals surface area contributed by atoms with Crippen molar-refractivity contribution in [2.24, 2.45) is 0 Å². The van der Waals surface area contributed by atoms with Crippen LogP contribution in [0.3, 0.4) is 0 Å². The molecule has 356 valence electrons. The summed E-state index contributed by atoms with van der Waals surface area (Å²) in [4.78, 5) is 37.9. The van der Waals surface area contributed by atoms with Crippen LogP contribution in [0.5, 0.6) is 0 Å². The molecule has 6 nitrogen and oxygen atoms in total. The molecule has 0 spiro atoms. The summed E-state index contributed by atoms with van der Waals surface area (Å²) in [6, 6.07) is 0. The average molecular weight is 873 g/mol. The van der Waals surface area contributed by atoms with Crippen LogP contribution in [-0.2, 0) is 28.6 Å². The molecule has 0 N–H and O–H groups in total. The van der Waals surface area contributed by atoms with Crippen LogP contribution in [0.25, 0.3) is 0 Å². The van der Waals surface area contributed by atoms with Gasteiger partial charge in [0.15, 0.2) is 6.10 Å². The summed E-state index contributed by atoms with van der Waals surface area (Å²) in [5, 5.41) is 0. The number of carbonyl (C=O) groups excluding carboxylic acids is 3. The number of unbranched alkanes of at least 4 members (excludes halogenated alkanes) is 18. The van der Waals surface area contributed by atoms with Gasteiger partial charge in [0.05, 0.1) is 0 Å². The number of hydrogen-bond acceptors (Lipinski definition) is 6. The topological polar surface area (TPSA) is 78.9 Å². The Labute approximate surface area is 387 Å². The molecule has 0 aliphatic rings. The van der Waals surface area contributed by atoms with Gasteiger partial charge in [0.2, 0.25) is 0 Å². The van der Waals surface area contributed by atoms with Gasteiger partial charge in [0, 0.05) is 19.3 Å². The molecule has 0 saturated heterocycles. The molecule has 1 unspecified atom stereocenters. The van der Waals surface area contributed by atoms with E-state index in [-0.39, 0.29) is 31.1 Å². The molecule has 0 heterocycles. The van der Waals surface area contributed by atoms with Crippen LogP contribution in [0.1, 0.15) is 213 Å². The first-order valence-corrected chi connectivity index (χ1v) is 25.4. The second-order valence-electron chi connectivity index (χ2n) is 16.4. The molecule has 63 heavy (non-hydrogen) atoms. The average Bonchev–Trinajstić information content (AvgIpc) is 3.28. The summed E-state index contributed by atoms with van der Waals surface area (Å²) >= 11 is 0. The van der Waals surface area contributed by atoms with Crippen molar-refractivity contribution in [2.45, 2.75) is 219 Å². The van der Waals surface area contributed by atoms with Gasteiger partial charge < -0.3 is 14.2 Å². The number of ether oxygens (including phenoxy) is 3. The molecule has 0 aliphatic carbocycles. The largest absolute Gasteiger partial charge is 0.462 e. The minimum Gasteiger partial charge on any atom is -0.462 e. The predicted molar refractivity (Wildman–Crippen MR) is 270 cm³/mol. The second kappa shape index (κ2) is 50.7. The summed E-state index contributed by atoms with van der Waals surface area (Å²) in [6.45, 7) is 6.29. The van der Waals surface area contributed by atoms with E-state index in [0.29, 0.717) is 19.3 Å². The van der Waals surface area contributed by atoms with Gasteiger partial charge >= 0.3 is 17.9 Å². The molecule has 0 aromatic heterocycles. The van der Waals surface area contributed by atoms with E-state index in [1.165, 1.54) is 38.5 Å². The Hall–Kier alpha value is -3.93. The minimum atomic E-state index is -0.801. The van der Waals surface area contributed by atoms with Crippen molar-refractivity contribution in [1.29, 1.82) is 0 Å². The fourth-order valence-corrected chi connectivity index (χ4v) is 6.54. The zero-order chi connectivity index (χ0) is 45.8. The highest BCUT2D eigenvalue weighted by Gasteiger charge is 2.19. The van der Waals surface area contributed by atoms with Crippen LogP contribution in [0.2, 0.25) is 0 Å². The maximum absolute atomic E-state index is 12.8. The van der Waals surface area contributed by atoms with Gasteiger partial charge in [-0.1, -0.05) is 207 Å². The van der Waals surface area contributed by atoms with Crippen LogP contribution in [0.15, 0.2) is 109 Å². The number of rotatable bonds is 44. The SMILES string of the molecule is CC\C=C/C=C\C=C/C=C\CCCCCCCC(=O)OC(COC(=O)CCCCCCC/C=C\CCCC)COC(=O)CCCCCCCC/C=C\C/C=C\C/C=C\C/C=C\CC. The molecular formula is C57H92O6. The molecule has 0 amide bonds.